The first kappa shape index (κ1) is 14.4. The lowest BCUT2D eigenvalue weighted by atomic mass is 10.1. The second kappa shape index (κ2) is 5.33. The van der Waals surface area contributed by atoms with E-state index in [1.54, 1.807) is 0 Å². The van der Waals surface area contributed by atoms with Crippen LogP contribution in [0.3, 0.4) is 0 Å². The number of rotatable bonds is 4. The van der Waals surface area contributed by atoms with Gasteiger partial charge < -0.3 is 5.32 Å². The van der Waals surface area contributed by atoms with E-state index in [1.807, 2.05) is 0 Å². The SMILES string of the molecule is O=C(CN1C(=O)c2ccc([N+](=O)[O-])cc2C1=O)Nc1ccn[nH]1. The molecule has 3 rings (SSSR count). The quantitative estimate of drug-likeness (QED) is 0.480. The summed E-state index contributed by atoms with van der Waals surface area (Å²) in [6.45, 7) is -0.501. The van der Waals surface area contributed by atoms with Crippen LogP contribution in [0.1, 0.15) is 20.7 Å². The number of benzene rings is 1. The number of imide groups is 1. The molecule has 1 aromatic heterocycles. The minimum Gasteiger partial charge on any atom is -0.310 e. The van der Waals surface area contributed by atoms with Crippen molar-refractivity contribution in [3.05, 3.63) is 51.7 Å². The average molecular weight is 315 g/mol. The second-order valence-electron chi connectivity index (χ2n) is 4.70. The molecule has 2 N–H and O–H groups in total. The van der Waals surface area contributed by atoms with E-state index in [-0.39, 0.29) is 16.8 Å². The number of aromatic amines is 1. The molecule has 10 heteroatoms. The van der Waals surface area contributed by atoms with E-state index < -0.39 is 29.2 Å². The van der Waals surface area contributed by atoms with Crippen LogP contribution >= 0.6 is 0 Å². The van der Waals surface area contributed by atoms with Gasteiger partial charge in [-0.3, -0.25) is 34.5 Å². The summed E-state index contributed by atoms with van der Waals surface area (Å²) in [5.41, 5.74) is -0.345. The summed E-state index contributed by atoms with van der Waals surface area (Å²) in [7, 11) is 0. The molecule has 0 saturated heterocycles. The number of carbonyl (C=O) groups is 3. The number of anilines is 1. The zero-order valence-corrected chi connectivity index (χ0v) is 11.5. The van der Waals surface area contributed by atoms with Crippen LogP contribution in [-0.2, 0) is 4.79 Å². The van der Waals surface area contributed by atoms with Crippen molar-refractivity contribution in [3.8, 4) is 0 Å². The number of fused-ring (bicyclic) bond motifs is 1. The van der Waals surface area contributed by atoms with E-state index in [9.17, 15) is 24.5 Å². The van der Waals surface area contributed by atoms with Crippen LogP contribution in [-0.4, -0.2) is 44.3 Å². The van der Waals surface area contributed by atoms with Crippen LogP contribution in [0.15, 0.2) is 30.5 Å². The van der Waals surface area contributed by atoms with E-state index in [0.717, 1.165) is 17.0 Å². The van der Waals surface area contributed by atoms with Gasteiger partial charge in [0.1, 0.15) is 12.4 Å². The van der Waals surface area contributed by atoms with Crippen LogP contribution in [0, 0.1) is 10.1 Å². The summed E-state index contributed by atoms with van der Waals surface area (Å²) >= 11 is 0. The number of H-pyrrole nitrogens is 1. The van der Waals surface area contributed by atoms with Gasteiger partial charge in [0.05, 0.1) is 22.2 Å². The minimum atomic E-state index is -0.742. The molecule has 10 nitrogen and oxygen atoms in total. The number of nitro benzene ring substituents is 1. The molecule has 3 amide bonds. The number of nitrogens with zero attached hydrogens (tertiary/aromatic N) is 3. The molecule has 1 aliphatic rings. The Morgan fingerprint density at radius 3 is 2.65 bits per heavy atom. The van der Waals surface area contributed by atoms with E-state index in [1.165, 1.54) is 18.3 Å². The maximum atomic E-state index is 12.2. The number of amides is 3. The molecule has 0 aliphatic carbocycles. The third-order valence-corrected chi connectivity index (χ3v) is 3.24. The maximum absolute atomic E-state index is 12.2. The molecule has 1 aromatic carbocycles. The molecule has 116 valence electrons. The van der Waals surface area contributed by atoms with Gasteiger partial charge in [0.2, 0.25) is 5.91 Å². The molecule has 1 aliphatic heterocycles. The lowest BCUT2D eigenvalue weighted by Gasteiger charge is -2.12. The van der Waals surface area contributed by atoms with Gasteiger partial charge in [0.25, 0.3) is 17.5 Å². The normalized spacial score (nSPS) is 13.1. The smallest absolute Gasteiger partial charge is 0.270 e. The number of hydrogen-bond donors (Lipinski definition) is 2. The minimum absolute atomic E-state index is 0.0370. The number of non-ortho nitro benzene ring substituents is 1. The topological polar surface area (TPSA) is 138 Å². The van der Waals surface area contributed by atoms with Gasteiger partial charge in [0, 0.05) is 18.2 Å². The van der Waals surface area contributed by atoms with E-state index in [2.05, 4.69) is 15.5 Å². The van der Waals surface area contributed by atoms with Crippen LogP contribution in [0.2, 0.25) is 0 Å². The van der Waals surface area contributed by atoms with E-state index >= 15 is 0 Å². The molecule has 2 heterocycles. The molecule has 0 fully saturated rings. The zero-order valence-electron chi connectivity index (χ0n) is 11.5. The first-order valence-electron chi connectivity index (χ1n) is 6.41. The summed E-state index contributed by atoms with van der Waals surface area (Å²) in [6.07, 6.45) is 1.43. The average Bonchev–Trinajstić information content (AvgIpc) is 3.10. The summed E-state index contributed by atoms with van der Waals surface area (Å²) in [4.78, 5) is 47.1. The van der Waals surface area contributed by atoms with Crippen molar-refractivity contribution in [2.24, 2.45) is 0 Å². The second-order valence-corrected chi connectivity index (χ2v) is 4.70. The lowest BCUT2D eigenvalue weighted by molar-refractivity contribution is -0.384. The van der Waals surface area contributed by atoms with Crippen molar-refractivity contribution in [1.29, 1.82) is 0 Å². The lowest BCUT2D eigenvalue weighted by Crippen LogP contribution is -2.37. The molecule has 0 spiro atoms. The maximum Gasteiger partial charge on any atom is 0.270 e. The van der Waals surface area contributed by atoms with Crippen LogP contribution in [0.5, 0.6) is 0 Å². The van der Waals surface area contributed by atoms with E-state index in [4.69, 9.17) is 0 Å². The van der Waals surface area contributed by atoms with Crippen LogP contribution in [0.25, 0.3) is 0 Å². The van der Waals surface area contributed by atoms with Crippen molar-refractivity contribution in [2.45, 2.75) is 0 Å². The number of aromatic nitrogens is 2. The highest BCUT2D eigenvalue weighted by atomic mass is 16.6. The van der Waals surface area contributed by atoms with Gasteiger partial charge in [0.15, 0.2) is 0 Å². The fourth-order valence-electron chi connectivity index (χ4n) is 2.19. The van der Waals surface area contributed by atoms with Crippen molar-refractivity contribution >= 4 is 29.2 Å². The Morgan fingerprint density at radius 2 is 2.00 bits per heavy atom. The highest BCUT2D eigenvalue weighted by molar-refractivity contribution is 6.23. The predicted octanol–water partition coefficient (Wildman–Crippen LogP) is 0.553. The van der Waals surface area contributed by atoms with Crippen LogP contribution in [0.4, 0.5) is 11.5 Å². The fourth-order valence-corrected chi connectivity index (χ4v) is 2.19. The first-order chi connectivity index (χ1) is 11.0. The summed E-state index contributed by atoms with van der Waals surface area (Å²) in [5.74, 6) is -1.69. The van der Waals surface area contributed by atoms with Gasteiger partial charge in [-0.25, -0.2) is 0 Å². The third-order valence-electron chi connectivity index (χ3n) is 3.24. The third kappa shape index (κ3) is 2.52. The van der Waals surface area contributed by atoms with Gasteiger partial charge in [-0.2, -0.15) is 5.10 Å². The van der Waals surface area contributed by atoms with E-state index in [0.29, 0.717) is 5.82 Å². The highest BCUT2D eigenvalue weighted by Crippen LogP contribution is 2.26. The molecule has 0 unspecified atom stereocenters. The molecule has 0 bridgehead atoms. The molecule has 0 radical (unpaired) electrons. The Bertz CT molecular complexity index is 829. The Labute approximate surface area is 128 Å². The standard InChI is InChI=1S/C13H9N5O5/c19-11(15-10-3-4-14-16-10)6-17-12(20)8-2-1-7(18(22)23)5-9(8)13(17)21/h1-5H,6H2,(H2,14,15,16,19). The van der Waals surface area contributed by atoms with Gasteiger partial charge in [-0.1, -0.05) is 0 Å². The number of nitrogens with one attached hydrogen (secondary N) is 2. The molecule has 23 heavy (non-hydrogen) atoms. The molecular weight excluding hydrogens is 306 g/mol. The Hall–Kier alpha value is -3.56. The van der Waals surface area contributed by atoms with Gasteiger partial charge in [-0.15, -0.1) is 0 Å². The van der Waals surface area contributed by atoms with Crippen molar-refractivity contribution in [1.82, 2.24) is 15.1 Å². The summed E-state index contributed by atoms with van der Waals surface area (Å²) < 4.78 is 0. The number of nitro groups is 1. The van der Waals surface area contributed by atoms with Gasteiger partial charge >= 0.3 is 0 Å². The fraction of sp³-hybridized carbons (Fsp3) is 0.0769. The van der Waals surface area contributed by atoms with Crippen molar-refractivity contribution in [3.63, 3.8) is 0 Å². The monoisotopic (exact) mass is 315 g/mol. The molecular formula is C13H9N5O5. The van der Waals surface area contributed by atoms with Crippen molar-refractivity contribution in [2.75, 3.05) is 11.9 Å². The van der Waals surface area contributed by atoms with Crippen molar-refractivity contribution < 1.29 is 19.3 Å². The largest absolute Gasteiger partial charge is 0.310 e. The summed E-state index contributed by atoms with van der Waals surface area (Å²) in [6, 6.07) is 4.88. The molecule has 0 saturated carbocycles. The Kier molecular flexibility index (Phi) is 3.33. The number of hydrogen-bond acceptors (Lipinski definition) is 6. The summed E-state index contributed by atoms with van der Waals surface area (Å²) in [5, 5.41) is 19.3. The van der Waals surface area contributed by atoms with Crippen LogP contribution < -0.4 is 5.32 Å². The highest BCUT2D eigenvalue weighted by Gasteiger charge is 2.37. The predicted molar refractivity (Wildman–Crippen MR) is 75.7 cm³/mol. The molecule has 2 aromatic rings. The zero-order chi connectivity index (χ0) is 16.6. The first-order valence-corrected chi connectivity index (χ1v) is 6.41. The molecule has 0 atom stereocenters. The van der Waals surface area contributed by atoms with Gasteiger partial charge in [-0.05, 0) is 6.07 Å². The Balaban J connectivity index is 1.80. The Morgan fingerprint density at radius 1 is 1.26 bits per heavy atom. The number of carbonyl (C=O) groups excluding carboxylic acids is 3.